The van der Waals surface area contributed by atoms with Gasteiger partial charge in [-0.15, -0.1) is 0 Å². The third-order valence-electron chi connectivity index (χ3n) is 2.34. The number of hydrogen-bond acceptors (Lipinski definition) is 2. The van der Waals surface area contributed by atoms with Crippen LogP contribution in [0.1, 0.15) is 19.4 Å². The van der Waals surface area contributed by atoms with Crippen molar-refractivity contribution in [1.82, 2.24) is 5.32 Å². The molecule has 2 nitrogen and oxygen atoms in total. The maximum Gasteiger partial charge on any atom is 0.0652 e. The van der Waals surface area contributed by atoms with Crippen molar-refractivity contribution >= 4 is 34.8 Å². The summed E-state index contributed by atoms with van der Waals surface area (Å²) in [6.45, 7) is 5.96. The molecule has 0 aromatic heterocycles. The van der Waals surface area contributed by atoms with Crippen LogP contribution < -0.4 is 5.32 Å². The molecule has 1 rings (SSSR count). The summed E-state index contributed by atoms with van der Waals surface area (Å²) in [6.07, 6.45) is 0. The Bertz CT molecular complexity index is 371. The molecule has 0 fully saturated rings. The zero-order valence-electron chi connectivity index (χ0n) is 9.90. The van der Waals surface area contributed by atoms with E-state index in [4.69, 9.17) is 39.5 Å². The van der Waals surface area contributed by atoms with Crippen molar-refractivity contribution in [3.63, 3.8) is 0 Å². The SMILES string of the molecule is CCOCC(C)NCc1c(Cl)ccc(Cl)c1Cl. The van der Waals surface area contributed by atoms with Gasteiger partial charge in [-0.3, -0.25) is 0 Å². The van der Waals surface area contributed by atoms with Gasteiger partial charge < -0.3 is 10.1 Å². The van der Waals surface area contributed by atoms with E-state index in [1.165, 1.54) is 0 Å². The second kappa shape index (κ2) is 7.45. The predicted octanol–water partition coefficient (Wildman–Crippen LogP) is 4.16. The van der Waals surface area contributed by atoms with E-state index in [1.807, 2.05) is 13.8 Å². The van der Waals surface area contributed by atoms with Crippen LogP contribution in [0.25, 0.3) is 0 Å². The van der Waals surface area contributed by atoms with Crippen molar-refractivity contribution in [2.24, 2.45) is 0 Å². The van der Waals surface area contributed by atoms with Crippen LogP contribution >= 0.6 is 34.8 Å². The lowest BCUT2D eigenvalue weighted by Crippen LogP contribution is -2.30. The van der Waals surface area contributed by atoms with Gasteiger partial charge in [-0.2, -0.15) is 0 Å². The highest BCUT2D eigenvalue weighted by Crippen LogP contribution is 2.31. The third-order valence-corrected chi connectivity index (χ3v) is 3.54. The molecule has 0 aliphatic carbocycles. The standard InChI is InChI=1S/C12H16Cl3NO/c1-3-17-7-8(2)16-6-9-10(13)4-5-11(14)12(9)15/h4-5,8,16H,3,6-7H2,1-2H3. The second-order valence-electron chi connectivity index (χ2n) is 3.76. The summed E-state index contributed by atoms with van der Waals surface area (Å²) in [5.41, 5.74) is 0.823. The van der Waals surface area contributed by atoms with Gasteiger partial charge in [0.2, 0.25) is 0 Å². The van der Waals surface area contributed by atoms with Gasteiger partial charge in [-0.1, -0.05) is 34.8 Å². The molecule has 0 amide bonds. The smallest absolute Gasteiger partial charge is 0.0652 e. The Balaban J connectivity index is 2.60. The van der Waals surface area contributed by atoms with Crippen LogP contribution in [-0.2, 0) is 11.3 Å². The van der Waals surface area contributed by atoms with Crippen molar-refractivity contribution in [3.8, 4) is 0 Å². The van der Waals surface area contributed by atoms with Crippen molar-refractivity contribution in [2.75, 3.05) is 13.2 Å². The average molecular weight is 297 g/mol. The molecule has 0 radical (unpaired) electrons. The summed E-state index contributed by atoms with van der Waals surface area (Å²) < 4.78 is 5.31. The molecule has 0 aliphatic heterocycles. The monoisotopic (exact) mass is 295 g/mol. The largest absolute Gasteiger partial charge is 0.380 e. The lowest BCUT2D eigenvalue weighted by molar-refractivity contribution is 0.127. The fourth-order valence-corrected chi connectivity index (χ4v) is 2.04. The highest BCUT2D eigenvalue weighted by Gasteiger charge is 2.10. The van der Waals surface area contributed by atoms with Crippen molar-refractivity contribution in [2.45, 2.75) is 26.4 Å². The number of rotatable bonds is 6. The first-order chi connectivity index (χ1) is 8.06. The van der Waals surface area contributed by atoms with Gasteiger partial charge in [0, 0.05) is 29.8 Å². The Labute approximate surface area is 117 Å². The quantitative estimate of drug-likeness (QED) is 0.796. The van der Waals surface area contributed by atoms with Crippen LogP contribution in [0.5, 0.6) is 0 Å². The van der Waals surface area contributed by atoms with Crippen LogP contribution in [0, 0.1) is 0 Å². The molecule has 17 heavy (non-hydrogen) atoms. The van der Waals surface area contributed by atoms with E-state index in [0.29, 0.717) is 34.8 Å². The number of hydrogen-bond donors (Lipinski definition) is 1. The molecular formula is C12H16Cl3NO. The van der Waals surface area contributed by atoms with Crippen molar-refractivity contribution in [1.29, 1.82) is 0 Å². The lowest BCUT2D eigenvalue weighted by Gasteiger charge is -2.15. The van der Waals surface area contributed by atoms with Gasteiger partial charge in [-0.05, 0) is 26.0 Å². The highest BCUT2D eigenvalue weighted by atomic mass is 35.5. The Kier molecular flexibility index (Phi) is 6.60. The minimum atomic E-state index is 0.237. The Morgan fingerprint density at radius 2 is 1.88 bits per heavy atom. The minimum absolute atomic E-state index is 0.237. The average Bonchev–Trinajstić information content (AvgIpc) is 2.31. The van der Waals surface area contributed by atoms with E-state index in [2.05, 4.69) is 5.32 Å². The summed E-state index contributed by atoms with van der Waals surface area (Å²) in [5, 5.41) is 4.94. The zero-order chi connectivity index (χ0) is 12.8. The van der Waals surface area contributed by atoms with Gasteiger partial charge in [-0.25, -0.2) is 0 Å². The van der Waals surface area contributed by atoms with Crippen molar-refractivity contribution < 1.29 is 4.74 Å². The minimum Gasteiger partial charge on any atom is -0.380 e. The highest BCUT2D eigenvalue weighted by molar-refractivity contribution is 6.44. The normalized spacial score (nSPS) is 12.8. The molecule has 0 bridgehead atoms. The van der Waals surface area contributed by atoms with Crippen LogP contribution in [0.2, 0.25) is 15.1 Å². The van der Waals surface area contributed by atoms with Gasteiger partial charge >= 0.3 is 0 Å². The van der Waals surface area contributed by atoms with E-state index >= 15 is 0 Å². The van der Waals surface area contributed by atoms with E-state index in [1.54, 1.807) is 12.1 Å². The lowest BCUT2D eigenvalue weighted by atomic mass is 10.2. The van der Waals surface area contributed by atoms with Crippen LogP contribution in [-0.4, -0.2) is 19.3 Å². The van der Waals surface area contributed by atoms with Gasteiger partial charge in [0.1, 0.15) is 0 Å². The van der Waals surface area contributed by atoms with E-state index in [0.717, 1.165) is 5.56 Å². The number of ether oxygens (including phenoxy) is 1. The van der Waals surface area contributed by atoms with Crippen LogP contribution in [0.4, 0.5) is 0 Å². The van der Waals surface area contributed by atoms with Crippen LogP contribution in [0.3, 0.4) is 0 Å². The maximum absolute atomic E-state index is 6.10. The summed E-state index contributed by atoms with van der Waals surface area (Å²) >= 11 is 18.1. The first-order valence-corrected chi connectivity index (χ1v) is 6.63. The summed E-state index contributed by atoms with van der Waals surface area (Å²) in [6, 6.07) is 3.68. The summed E-state index contributed by atoms with van der Waals surface area (Å²) in [4.78, 5) is 0. The summed E-state index contributed by atoms with van der Waals surface area (Å²) in [7, 11) is 0. The molecule has 0 spiro atoms. The zero-order valence-corrected chi connectivity index (χ0v) is 12.2. The molecule has 0 saturated heterocycles. The number of halogens is 3. The molecule has 1 unspecified atom stereocenters. The second-order valence-corrected chi connectivity index (χ2v) is 4.96. The summed E-state index contributed by atoms with van der Waals surface area (Å²) in [5.74, 6) is 0. The van der Waals surface area contributed by atoms with E-state index < -0.39 is 0 Å². The van der Waals surface area contributed by atoms with Crippen molar-refractivity contribution in [3.05, 3.63) is 32.8 Å². The first kappa shape index (κ1) is 15.1. The number of benzene rings is 1. The molecule has 0 aliphatic rings. The first-order valence-electron chi connectivity index (χ1n) is 5.49. The fraction of sp³-hybridized carbons (Fsp3) is 0.500. The van der Waals surface area contributed by atoms with E-state index in [-0.39, 0.29) is 6.04 Å². The Morgan fingerprint density at radius 3 is 2.53 bits per heavy atom. The molecule has 0 saturated carbocycles. The predicted molar refractivity (Wildman–Crippen MR) is 74.3 cm³/mol. The molecule has 5 heteroatoms. The van der Waals surface area contributed by atoms with Gasteiger partial charge in [0.05, 0.1) is 16.7 Å². The Morgan fingerprint density at radius 1 is 1.24 bits per heavy atom. The molecule has 1 atom stereocenters. The van der Waals surface area contributed by atoms with Gasteiger partial charge in [0.15, 0.2) is 0 Å². The molecule has 96 valence electrons. The van der Waals surface area contributed by atoms with E-state index in [9.17, 15) is 0 Å². The molecule has 0 heterocycles. The van der Waals surface area contributed by atoms with Gasteiger partial charge in [0.25, 0.3) is 0 Å². The third kappa shape index (κ3) is 4.65. The Hall–Kier alpha value is 0.01000. The topological polar surface area (TPSA) is 21.3 Å². The molecular weight excluding hydrogens is 280 g/mol. The molecule has 1 aromatic rings. The molecule has 1 aromatic carbocycles. The number of nitrogens with one attached hydrogen (secondary N) is 1. The van der Waals surface area contributed by atoms with Crippen LogP contribution in [0.15, 0.2) is 12.1 Å². The maximum atomic E-state index is 6.10. The fourth-order valence-electron chi connectivity index (χ4n) is 1.36. The molecule has 1 N–H and O–H groups in total.